The van der Waals surface area contributed by atoms with Crippen LogP contribution in [0.5, 0.6) is 0 Å². The maximum atomic E-state index is 12.1. The molecule has 126 valence electrons. The van der Waals surface area contributed by atoms with Crippen LogP contribution in [0.1, 0.15) is 57.4 Å². The van der Waals surface area contributed by atoms with Gasteiger partial charge in [-0.3, -0.25) is 14.6 Å². The third kappa shape index (κ3) is 6.38. The van der Waals surface area contributed by atoms with Gasteiger partial charge in [0.15, 0.2) is 0 Å². The molecular weight excluding hydrogens is 290 g/mol. The Hall–Kier alpha value is -1.91. The topological polar surface area (TPSA) is 62.3 Å². The van der Waals surface area contributed by atoms with Crippen molar-refractivity contribution in [1.82, 2.24) is 15.2 Å². The summed E-state index contributed by atoms with van der Waals surface area (Å²) in [6, 6.07) is 4.10. The molecule has 1 fully saturated rings. The highest BCUT2D eigenvalue weighted by atomic mass is 16.2. The van der Waals surface area contributed by atoms with Crippen molar-refractivity contribution in [2.45, 2.75) is 64.5 Å². The average molecular weight is 317 g/mol. The number of carbonyl (C=O) groups is 2. The second-order valence-electron chi connectivity index (χ2n) is 6.30. The Labute approximate surface area is 138 Å². The number of nitrogens with one attached hydrogen (secondary N) is 1. The normalized spacial score (nSPS) is 15.7. The SMILES string of the molecule is CC(=O)N(CCC(=O)NC1CCCCCC1)Cc1ccncc1. The van der Waals surface area contributed by atoms with E-state index in [4.69, 9.17) is 0 Å². The summed E-state index contributed by atoms with van der Waals surface area (Å²) in [7, 11) is 0. The number of amides is 2. The molecule has 0 atom stereocenters. The van der Waals surface area contributed by atoms with E-state index in [0.717, 1.165) is 18.4 Å². The van der Waals surface area contributed by atoms with Gasteiger partial charge in [0.25, 0.3) is 0 Å². The molecule has 1 saturated carbocycles. The lowest BCUT2D eigenvalue weighted by Gasteiger charge is -2.22. The molecule has 23 heavy (non-hydrogen) atoms. The maximum absolute atomic E-state index is 12.1. The van der Waals surface area contributed by atoms with Crippen molar-refractivity contribution in [3.05, 3.63) is 30.1 Å². The van der Waals surface area contributed by atoms with Gasteiger partial charge >= 0.3 is 0 Å². The summed E-state index contributed by atoms with van der Waals surface area (Å²) in [6.07, 6.45) is 10.9. The number of rotatable bonds is 6. The number of aromatic nitrogens is 1. The van der Waals surface area contributed by atoms with Gasteiger partial charge in [-0.05, 0) is 30.5 Å². The van der Waals surface area contributed by atoms with E-state index >= 15 is 0 Å². The number of hydrogen-bond acceptors (Lipinski definition) is 3. The molecule has 5 nitrogen and oxygen atoms in total. The predicted octanol–water partition coefficient (Wildman–Crippen LogP) is 2.66. The third-order valence-corrected chi connectivity index (χ3v) is 4.40. The molecule has 0 saturated heterocycles. The summed E-state index contributed by atoms with van der Waals surface area (Å²) in [4.78, 5) is 29.6. The lowest BCUT2D eigenvalue weighted by atomic mass is 10.1. The first-order valence-electron chi connectivity index (χ1n) is 8.59. The van der Waals surface area contributed by atoms with Crippen LogP contribution in [0.25, 0.3) is 0 Å². The van der Waals surface area contributed by atoms with Gasteiger partial charge in [0, 0.05) is 44.9 Å². The lowest BCUT2D eigenvalue weighted by molar-refractivity contribution is -0.130. The molecule has 1 aromatic rings. The Bertz CT molecular complexity index is 496. The molecule has 1 aliphatic carbocycles. The molecule has 2 rings (SSSR count). The van der Waals surface area contributed by atoms with Crippen LogP contribution < -0.4 is 5.32 Å². The third-order valence-electron chi connectivity index (χ3n) is 4.40. The van der Waals surface area contributed by atoms with Crippen molar-refractivity contribution in [2.75, 3.05) is 6.54 Å². The highest BCUT2D eigenvalue weighted by molar-refractivity contribution is 5.78. The van der Waals surface area contributed by atoms with Gasteiger partial charge in [-0.1, -0.05) is 25.7 Å². The molecule has 1 heterocycles. The lowest BCUT2D eigenvalue weighted by Crippen LogP contribution is -2.37. The van der Waals surface area contributed by atoms with Crippen LogP contribution in [0, 0.1) is 0 Å². The van der Waals surface area contributed by atoms with Crippen molar-refractivity contribution in [3.63, 3.8) is 0 Å². The summed E-state index contributed by atoms with van der Waals surface area (Å²) >= 11 is 0. The predicted molar refractivity (Wildman–Crippen MR) is 89.6 cm³/mol. The molecule has 0 radical (unpaired) electrons. The molecular formula is C18H27N3O2. The first kappa shape index (κ1) is 17.4. The zero-order valence-electron chi connectivity index (χ0n) is 14.0. The highest BCUT2D eigenvalue weighted by Crippen LogP contribution is 2.17. The van der Waals surface area contributed by atoms with E-state index in [2.05, 4.69) is 10.3 Å². The standard InChI is InChI=1S/C18H27N3O2/c1-15(22)21(14-16-8-11-19-12-9-16)13-10-18(23)20-17-6-4-2-3-5-7-17/h8-9,11-12,17H,2-7,10,13-14H2,1H3,(H,20,23). The molecule has 1 aliphatic rings. The van der Waals surface area contributed by atoms with Crippen molar-refractivity contribution >= 4 is 11.8 Å². The Balaban J connectivity index is 1.78. The fourth-order valence-electron chi connectivity index (χ4n) is 3.02. The largest absolute Gasteiger partial charge is 0.353 e. The molecule has 1 N–H and O–H groups in total. The minimum absolute atomic E-state index is 0.0101. The Kier molecular flexibility index (Phi) is 7.04. The van der Waals surface area contributed by atoms with Crippen molar-refractivity contribution in [2.24, 2.45) is 0 Å². The fraction of sp³-hybridized carbons (Fsp3) is 0.611. The Morgan fingerprint density at radius 2 is 1.83 bits per heavy atom. The average Bonchev–Trinajstić information content (AvgIpc) is 2.80. The minimum Gasteiger partial charge on any atom is -0.353 e. The van der Waals surface area contributed by atoms with Crippen LogP contribution in [0.3, 0.4) is 0 Å². The maximum Gasteiger partial charge on any atom is 0.221 e. The zero-order valence-corrected chi connectivity index (χ0v) is 14.0. The molecule has 5 heteroatoms. The van der Waals surface area contributed by atoms with Gasteiger partial charge in [0.05, 0.1) is 0 Å². The van der Waals surface area contributed by atoms with Gasteiger partial charge in [0.1, 0.15) is 0 Å². The number of pyridine rings is 1. The quantitative estimate of drug-likeness (QED) is 0.821. The van der Waals surface area contributed by atoms with Gasteiger partial charge in [-0.15, -0.1) is 0 Å². The van der Waals surface area contributed by atoms with Crippen LogP contribution in [0.4, 0.5) is 0 Å². The van der Waals surface area contributed by atoms with Gasteiger partial charge in [0.2, 0.25) is 11.8 Å². The highest BCUT2D eigenvalue weighted by Gasteiger charge is 2.16. The minimum atomic E-state index is -0.0101. The second-order valence-corrected chi connectivity index (χ2v) is 6.30. The second kappa shape index (κ2) is 9.28. The first-order chi connectivity index (χ1) is 11.1. The van der Waals surface area contributed by atoms with Crippen LogP contribution in [-0.2, 0) is 16.1 Å². The summed E-state index contributed by atoms with van der Waals surface area (Å²) in [6.45, 7) is 2.52. The van der Waals surface area contributed by atoms with Crippen molar-refractivity contribution in [3.8, 4) is 0 Å². The van der Waals surface area contributed by atoms with Crippen LogP contribution in [0.15, 0.2) is 24.5 Å². The van der Waals surface area contributed by atoms with Gasteiger partial charge < -0.3 is 10.2 Å². The molecule has 0 spiro atoms. The monoisotopic (exact) mass is 317 g/mol. The number of hydrogen-bond donors (Lipinski definition) is 1. The molecule has 0 bridgehead atoms. The fourth-order valence-corrected chi connectivity index (χ4v) is 3.02. The van der Waals surface area contributed by atoms with Crippen LogP contribution in [0.2, 0.25) is 0 Å². The summed E-state index contributed by atoms with van der Waals surface area (Å²) in [5.41, 5.74) is 1.03. The molecule has 2 amide bonds. The summed E-state index contributed by atoms with van der Waals surface area (Å²) < 4.78 is 0. The van der Waals surface area contributed by atoms with E-state index in [1.54, 1.807) is 24.2 Å². The molecule has 1 aromatic heterocycles. The summed E-state index contributed by atoms with van der Waals surface area (Å²) in [5.74, 6) is 0.0435. The van der Waals surface area contributed by atoms with Gasteiger partial charge in [-0.2, -0.15) is 0 Å². The van der Waals surface area contributed by atoms with Crippen LogP contribution >= 0.6 is 0 Å². The van der Waals surface area contributed by atoms with E-state index in [1.807, 2.05) is 12.1 Å². The Morgan fingerprint density at radius 3 is 2.43 bits per heavy atom. The van der Waals surface area contributed by atoms with E-state index in [9.17, 15) is 9.59 Å². The van der Waals surface area contributed by atoms with E-state index < -0.39 is 0 Å². The Morgan fingerprint density at radius 1 is 1.17 bits per heavy atom. The number of carbonyl (C=O) groups excluding carboxylic acids is 2. The molecule has 0 aromatic carbocycles. The van der Waals surface area contributed by atoms with Crippen molar-refractivity contribution < 1.29 is 9.59 Å². The summed E-state index contributed by atoms with van der Waals surface area (Å²) in [5, 5.41) is 3.13. The zero-order chi connectivity index (χ0) is 16.5. The smallest absolute Gasteiger partial charge is 0.221 e. The van der Waals surface area contributed by atoms with Gasteiger partial charge in [-0.25, -0.2) is 0 Å². The van der Waals surface area contributed by atoms with Crippen molar-refractivity contribution in [1.29, 1.82) is 0 Å². The van der Waals surface area contributed by atoms with Crippen LogP contribution in [-0.4, -0.2) is 34.3 Å². The van der Waals surface area contributed by atoms with E-state index in [-0.39, 0.29) is 11.8 Å². The molecule has 0 aliphatic heterocycles. The van der Waals surface area contributed by atoms with E-state index in [0.29, 0.717) is 25.6 Å². The van der Waals surface area contributed by atoms with E-state index in [1.165, 1.54) is 25.7 Å². The first-order valence-corrected chi connectivity index (χ1v) is 8.59. The molecule has 0 unspecified atom stereocenters. The number of nitrogens with zero attached hydrogens (tertiary/aromatic N) is 2.